The average Bonchev–Trinajstić information content (AvgIpc) is 2.15. The van der Waals surface area contributed by atoms with Gasteiger partial charge in [0.2, 0.25) is 0 Å². The van der Waals surface area contributed by atoms with Crippen LogP contribution in [0.2, 0.25) is 0 Å². The van der Waals surface area contributed by atoms with Crippen LogP contribution in [0, 0.1) is 12.8 Å². The third-order valence-corrected chi connectivity index (χ3v) is 2.93. The molecule has 0 saturated carbocycles. The molecule has 0 aliphatic rings. The van der Waals surface area contributed by atoms with Crippen LogP contribution in [0.5, 0.6) is 0 Å². The van der Waals surface area contributed by atoms with E-state index in [1.165, 1.54) is 5.56 Å². The normalized spacial score (nSPS) is 15.3. The van der Waals surface area contributed by atoms with Crippen LogP contribution < -0.4 is 0 Å². The van der Waals surface area contributed by atoms with Gasteiger partial charge in [-0.3, -0.25) is 0 Å². The lowest BCUT2D eigenvalue weighted by molar-refractivity contribution is 0.0414. The average molecular weight is 206 g/mol. The molecule has 0 aliphatic carbocycles. The number of aliphatic hydroxyl groups is 1. The van der Waals surface area contributed by atoms with Gasteiger partial charge in [0.15, 0.2) is 0 Å². The first kappa shape index (κ1) is 12.3. The molecule has 0 saturated heterocycles. The van der Waals surface area contributed by atoms with Crippen LogP contribution >= 0.6 is 0 Å². The topological polar surface area (TPSA) is 20.2 Å². The summed E-state index contributed by atoms with van der Waals surface area (Å²) in [5, 5.41) is 10.4. The van der Waals surface area contributed by atoms with Gasteiger partial charge in [0.05, 0.1) is 5.60 Å². The molecular formula is C14H22O. The first-order valence-electron chi connectivity index (χ1n) is 5.72. The third-order valence-electron chi connectivity index (χ3n) is 2.93. The zero-order chi connectivity index (χ0) is 11.5. The number of hydrogen-bond acceptors (Lipinski definition) is 1. The zero-order valence-electron chi connectivity index (χ0n) is 10.2. The number of aryl methyl sites for hydroxylation is 1. The Hall–Kier alpha value is -0.820. The molecule has 0 heterocycles. The van der Waals surface area contributed by atoms with Crippen molar-refractivity contribution in [3.05, 3.63) is 35.4 Å². The molecule has 1 N–H and O–H groups in total. The quantitative estimate of drug-likeness (QED) is 0.797. The second-order valence-electron chi connectivity index (χ2n) is 5.02. The van der Waals surface area contributed by atoms with Crippen molar-refractivity contribution in [2.75, 3.05) is 0 Å². The summed E-state index contributed by atoms with van der Waals surface area (Å²) in [4.78, 5) is 0. The molecule has 0 fully saturated rings. The van der Waals surface area contributed by atoms with Gasteiger partial charge < -0.3 is 5.11 Å². The van der Waals surface area contributed by atoms with Gasteiger partial charge in [-0.05, 0) is 43.7 Å². The molecule has 1 heteroatoms. The Labute approximate surface area is 93.1 Å². The predicted molar refractivity (Wildman–Crippen MR) is 64.8 cm³/mol. The summed E-state index contributed by atoms with van der Waals surface area (Å²) < 4.78 is 0. The molecule has 0 amide bonds. The van der Waals surface area contributed by atoms with E-state index < -0.39 is 5.60 Å². The lowest BCUT2D eigenvalue weighted by atomic mass is 9.86. The maximum Gasteiger partial charge on any atom is 0.0871 e. The van der Waals surface area contributed by atoms with Crippen molar-refractivity contribution in [1.82, 2.24) is 0 Å². The number of hydrogen-bond donors (Lipinski definition) is 1. The van der Waals surface area contributed by atoms with E-state index in [1.807, 2.05) is 25.1 Å². The smallest absolute Gasteiger partial charge is 0.0871 e. The minimum Gasteiger partial charge on any atom is -0.385 e. The highest BCUT2D eigenvalue weighted by atomic mass is 16.3. The molecule has 15 heavy (non-hydrogen) atoms. The molecule has 0 aromatic heterocycles. The second kappa shape index (κ2) is 4.80. The van der Waals surface area contributed by atoms with Crippen LogP contribution in [-0.2, 0) is 5.60 Å². The Balaban J connectivity index is 2.81. The van der Waals surface area contributed by atoms with Crippen molar-refractivity contribution in [1.29, 1.82) is 0 Å². The Bertz CT molecular complexity index is 313. The number of rotatable bonds is 4. The molecule has 1 nitrogen and oxygen atoms in total. The lowest BCUT2D eigenvalue weighted by Gasteiger charge is -2.26. The Morgan fingerprint density at radius 3 is 2.40 bits per heavy atom. The van der Waals surface area contributed by atoms with E-state index in [0.29, 0.717) is 5.92 Å². The Kier molecular flexibility index (Phi) is 3.92. The molecule has 1 aromatic rings. The highest BCUT2D eigenvalue weighted by Gasteiger charge is 2.24. The summed E-state index contributed by atoms with van der Waals surface area (Å²) in [6.07, 6.45) is 1.89. The van der Waals surface area contributed by atoms with Crippen LogP contribution in [0.25, 0.3) is 0 Å². The molecule has 0 aliphatic heterocycles. The van der Waals surface area contributed by atoms with Crippen LogP contribution in [0.15, 0.2) is 24.3 Å². The van der Waals surface area contributed by atoms with E-state index in [4.69, 9.17) is 0 Å². The van der Waals surface area contributed by atoms with E-state index in [2.05, 4.69) is 26.8 Å². The molecule has 0 spiro atoms. The highest BCUT2D eigenvalue weighted by molar-refractivity contribution is 5.30. The monoisotopic (exact) mass is 206 g/mol. The summed E-state index contributed by atoms with van der Waals surface area (Å²) in [5.41, 5.74) is 1.55. The fraction of sp³-hybridized carbons (Fsp3) is 0.571. The van der Waals surface area contributed by atoms with Gasteiger partial charge in [-0.15, -0.1) is 0 Å². The molecule has 0 radical (unpaired) electrons. The second-order valence-corrected chi connectivity index (χ2v) is 5.02. The van der Waals surface area contributed by atoms with Crippen LogP contribution in [0.3, 0.4) is 0 Å². The maximum atomic E-state index is 10.4. The minimum atomic E-state index is -0.685. The van der Waals surface area contributed by atoms with Crippen molar-refractivity contribution in [2.24, 2.45) is 5.92 Å². The fourth-order valence-corrected chi connectivity index (χ4v) is 1.88. The van der Waals surface area contributed by atoms with Crippen molar-refractivity contribution < 1.29 is 5.11 Å². The van der Waals surface area contributed by atoms with Gasteiger partial charge in [0.25, 0.3) is 0 Å². The van der Waals surface area contributed by atoms with E-state index in [0.717, 1.165) is 18.4 Å². The summed E-state index contributed by atoms with van der Waals surface area (Å²) in [6.45, 7) is 8.35. The summed E-state index contributed by atoms with van der Waals surface area (Å²) in [5.74, 6) is 0.639. The van der Waals surface area contributed by atoms with Crippen molar-refractivity contribution in [3.63, 3.8) is 0 Å². The summed E-state index contributed by atoms with van der Waals surface area (Å²) >= 11 is 0. The van der Waals surface area contributed by atoms with Crippen LogP contribution in [0.1, 0.15) is 44.7 Å². The molecule has 1 rings (SSSR count). The lowest BCUT2D eigenvalue weighted by Crippen LogP contribution is -2.22. The molecule has 1 unspecified atom stereocenters. The van der Waals surface area contributed by atoms with Crippen LogP contribution in [-0.4, -0.2) is 5.11 Å². The minimum absolute atomic E-state index is 0.639. The highest BCUT2D eigenvalue weighted by Crippen LogP contribution is 2.29. The summed E-state index contributed by atoms with van der Waals surface area (Å²) in [6, 6.07) is 8.08. The number of benzene rings is 1. The standard InChI is InChI=1S/C14H22O/c1-11(2)9-10-14(4,15)13-8-6-5-7-12(13)3/h5-8,11,15H,9-10H2,1-4H3. The van der Waals surface area contributed by atoms with E-state index >= 15 is 0 Å². The van der Waals surface area contributed by atoms with Gasteiger partial charge in [-0.2, -0.15) is 0 Å². The predicted octanol–water partition coefficient (Wildman–Crippen LogP) is 3.64. The third kappa shape index (κ3) is 3.35. The molecule has 1 atom stereocenters. The molecule has 84 valence electrons. The maximum absolute atomic E-state index is 10.4. The van der Waals surface area contributed by atoms with E-state index in [1.54, 1.807) is 0 Å². The zero-order valence-corrected chi connectivity index (χ0v) is 10.2. The first-order chi connectivity index (χ1) is 6.93. The van der Waals surface area contributed by atoms with E-state index in [9.17, 15) is 5.11 Å². The first-order valence-corrected chi connectivity index (χ1v) is 5.72. The van der Waals surface area contributed by atoms with Crippen LogP contribution in [0.4, 0.5) is 0 Å². The Morgan fingerprint density at radius 1 is 1.27 bits per heavy atom. The molecule has 1 aromatic carbocycles. The van der Waals surface area contributed by atoms with Gasteiger partial charge in [-0.1, -0.05) is 38.1 Å². The molecule has 0 bridgehead atoms. The van der Waals surface area contributed by atoms with Gasteiger partial charge >= 0.3 is 0 Å². The van der Waals surface area contributed by atoms with Gasteiger partial charge in [-0.25, -0.2) is 0 Å². The fourth-order valence-electron chi connectivity index (χ4n) is 1.88. The molecular weight excluding hydrogens is 184 g/mol. The largest absolute Gasteiger partial charge is 0.385 e. The van der Waals surface area contributed by atoms with Gasteiger partial charge in [0.1, 0.15) is 0 Å². The Morgan fingerprint density at radius 2 is 1.87 bits per heavy atom. The summed E-state index contributed by atoms with van der Waals surface area (Å²) in [7, 11) is 0. The van der Waals surface area contributed by atoms with Crippen molar-refractivity contribution in [2.45, 2.75) is 46.1 Å². The van der Waals surface area contributed by atoms with Gasteiger partial charge in [0, 0.05) is 0 Å². The van der Waals surface area contributed by atoms with Crippen molar-refractivity contribution >= 4 is 0 Å². The SMILES string of the molecule is Cc1ccccc1C(C)(O)CCC(C)C. The van der Waals surface area contributed by atoms with E-state index in [-0.39, 0.29) is 0 Å². The van der Waals surface area contributed by atoms with Crippen molar-refractivity contribution in [3.8, 4) is 0 Å².